The highest BCUT2D eigenvalue weighted by atomic mass is 79.9. The minimum Gasteiger partial charge on any atom is -0.496 e. The van der Waals surface area contributed by atoms with E-state index in [9.17, 15) is 4.79 Å². The second-order valence-electron chi connectivity index (χ2n) is 6.64. The quantitative estimate of drug-likeness (QED) is 0.292. The van der Waals surface area contributed by atoms with Crippen molar-refractivity contribution in [3.63, 3.8) is 0 Å². The third-order valence-corrected chi connectivity index (χ3v) is 5.03. The van der Waals surface area contributed by atoms with Crippen LogP contribution in [0.1, 0.15) is 21.5 Å². The molecule has 0 saturated heterocycles. The molecule has 0 N–H and O–H groups in total. The molecule has 0 spiro atoms. The maximum Gasteiger partial charge on any atom is 0.185 e. The third-order valence-electron chi connectivity index (χ3n) is 4.62. The highest BCUT2D eigenvalue weighted by Gasteiger charge is 2.07. The van der Waals surface area contributed by atoms with Crippen LogP contribution in [0.3, 0.4) is 0 Å². The third kappa shape index (κ3) is 4.58. The van der Waals surface area contributed by atoms with Gasteiger partial charge in [0.05, 0.1) is 30.7 Å². The minimum atomic E-state index is -0.0550. The van der Waals surface area contributed by atoms with Gasteiger partial charge in [0.15, 0.2) is 5.78 Å². The van der Waals surface area contributed by atoms with E-state index < -0.39 is 0 Å². The summed E-state index contributed by atoms with van der Waals surface area (Å²) in [5.74, 6) is 0.723. The Kier molecular flexibility index (Phi) is 5.90. The van der Waals surface area contributed by atoms with Crippen LogP contribution < -0.4 is 4.74 Å². The van der Waals surface area contributed by atoms with Gasteiger partial charge in [-0.3, -0.25) is 9.48 Å². The lowest BCUT2D eigenvalue weighted by Crippen LogP contribution is -2.02. The van der Waals surface area contributed by atoms with Crippen molar-refractivity contribution in [3.8, 4) is 11.4 Å². The smallest absolute Gasteiger partial charge is 0.185 e. The van der Waals surface area contributed by atoms with Gasteiger partial charge in [-0.25, -0.2) is 4.98 Å². The lowest BCUT2D eigenvalue weighted by Gasteiger charge is -2.09. The summed E-state index contributed by atoms with van der Waals surface area (Å²) in [7, 11) is 1.64. The molecule has 0 saturated carbocycles. The fraction of sp³-hybridized carbons (Fsp3) is 0.0870. The van der Waals surface area contributed by atoms with Crippen molar-refractivity contribution in [3.05, 3.63) is 101 Å². The van der Waals surface area contributed by atoms with Gasteiger partial charge < -0.3 is 9.30 Å². The van der Waals surface area contributed by atoms with Crippen LogP contribution in [0, 0.1) is 0 Å². The average molecular weight is 463 g/mol. The van der Waals surface area contributed by atoms with Gasteiger partial charge in [0.25, 0.3) is 0 Å². The predicted octanol–water partition coefficient (Wildman–Crippen LogP) is 4.78. The van der Waals surface area contributed by atoms with E-state index in [2.05, 4.69) is 26.0 Å². The number of hydrogen-bond donors (Lipinski definition) is 0. The van der Waals surface area contributed by atoms with Gasteiger partial charge >= 0.3 is 0 Å². The van der Waals surface area contributed by atoms with Crippen LogP contribution >= 0.6 is 15.9 Å². The molecule has 0 fully saturated rings. The van der Waals surface area contributed by atoms with Crippen LogP contribution in [0.2, 0.25) is 0 Å². The van der Waals surface area contributed by atoms with Crippen LogP contribution in [0.5, 0.6) is 5.75 Å². The molecule has 0 aliphatic rings. The van der Waals surface area contributed by atoms with Crippen molar-refractivity contribution in [2.75, 3.05) is 7.11 Å². The Morgan fingerprint density at radius 2 is 2.03 bits per heavy atom. The van der Waals surface area contributed by atoms with Crippen LogP contribution in [-0.2, 0) is 6.54 Å². The summed E-state index contributed by atoms with van der Waals surface area (Å²) in [5.41, 5.74) is 3.48. The average Bonchev–Trinajstić information content (AvgIpc) is 3.44. The van der Waals surface area contributed by atoms with Crippen molar-refractivity contribution < 1.29 is 9.53 Å². The van der Waals surface area contributed by atoms with Crippen molar-refractivity contribution in [2.24, 2.45) is 0 Å². The normalized spacial score (nSPS) is 11.1. The zero-order chi connectivity index (χ0) is 20.9. The Morgan fingerprint density at radius 3 is 2.70 bits per heavy atom. The number of nitrogens with zero attached hydrogens (tertiary/aromatic N) is 4. The van der Waals surface area contributed by atoms with E-state index in [1.807, 2.05) is 70.2 Å². The van der Waals surface area contributed by atoms with E-state index in [-0.39, 0.29) is 5.78 Å². The molecule has 0 bridgehead atoms. The molecule has 2 heterocycles. The molecule has 0 aliphatic carbocycles. The molecule has 0 aliphatic heterocycles. The number of imidazole rings is 1. The van der Waals surface area contributed by atoms with Crippen LogP contribution in [0.15, 0.2) is 84.1 Å². The first-order valence-corrected chi connectivity index (χ1v) is 10.1. The van der Waals surface area contributed by atoms with Gasteiger partial charge in [0.1, 0.15) is 5.75 Å². The number of ether oxygens (including phenoxy) is 1. The topological polar surface area (TPSA) is 61.9 Å². The van der Waals surface area contributed by atoms with Crippen molar-refractivity contribution in [1.82, 2.24) is 19.3 Å². The second-order valence-corrected chi connectivity index (χ2v) is 7.56. The van der Waals surface area contributed by atoms with Gasteiger partial charge in [-0.2, -0.15) is 5.10 Å². The number of methoxy groups -OCH3 is 1. The molecule has 7 heteroatoms. The first-order valence-electron chi connectivity index (χ1n) is 9.28. The molecule has 0 amide bonds. The summed E-state index contributed by atoms with van der Waals surface area (Å²) >= 11 is 3.41. The van der Waals surface area contributed by atoms with Crippen LogP contribution in [-0.4, -0.2) is 32.2 Å². The Hall–Kier alpha value is -3.45. The first kappa shape index (κ1) is 19.8. The van der Waals surface area contributed by atoms with Crippen LogP contribution in [0.25, 0.3) is 11.8 Å². The number of carbonyl (C=O) groups excluding carboxylic acids is 1. The van der Waals surface area contributed by atoms with Gasteiger partial charge in [0, 0.05) is 35.4 Å². The van der Waals surface area contributed by atoms with Gasteiger partial charge in [-0.15, -0.1) is 0 Å². The van der Waals surface area contributed by atoms with E-state index in [1.165, 1.54) is 0 Å². The van der Waals surface area contributed by atoms with Crippen molar-refractivity contribution in [2.45, 2.75) is 6.54 Å². The Labute approximate surface area is 182 Å². The Bertz CT molecular complexity index is 1180. The lowest BCUT2D eigenvalue weighted by molar-refractivity contribution is 0.104. The first-order chi connectivity index (χ1) is 14.6. The minimum absolute atomic E-state index is 0.0550. The summed E-state index contributed by atoms with van der Waals surface area (Å²) in [4.78, 5) is 16.6. The maximum atomic E-state index is 12.6. The van der Waals surface area contributed by atoms with Crippen molar-refractivity contribution >= 4 is 27.8 Å². The standard InChI is InChI=1S/C23H19BrN4O2/c1-30-23-9-3-17(12-19(23)14-28-15-20(24)13-26-28)2-8-22(29)18-4-6-21(7-5-18)27-11-10-25-16-27/h2-13,15-16H,14H2,1H3/b8-2+. The molecule has 0 radical (unpaired) electrons. The Morgan fingerprint density at radius 1 is 1.20 bits per heavy atom. The fourth-order valence-corrected chi connectivity index (χ4v) is 3.43. The number of hydrogen-bond acceptors (Lipinski definition) is 4. The number of rotatable bonds is 7. The number of benzene rings is 2. The fourth-order valence-electron chi connectivity index (χ4n) is 3.10. The molecule has 0 atom stereocenters. The monoisotopic (exact) mass is 462 g/mol. The summed E-state index contributed by atoms with van der Waals surface area (Å²) in [5, 5.41) is 4.29. The van der Waals surface area contributed by atoms with Gasteiger partial charge in [0.2, 0.25) is 0 Å². The second kappa shape index (κ2) is 8.92. The summed E-state index contributed by atoms with van der Waals surface area (Å²) in [6.45, 7) is 0.570. The number of ketones is 1. The van der Waals surface area contributed by atoms with E-state index in [0.29, 0.717) is 12.1 Å². The molecule has 150 valence electrons. The Balaban J connectivity index is 1.50. The van der Waals surface area contributed by atoms with Crippen molar-refractivity contribution in [1.29, 1.82) is 0 Å². The molecule has 2 aromatic carbocycles. The molecule has 4 rings (SSSR count). The van der Waals surface area contributed by atoms with Crippen LogP contribution in [0.4, 0.5) is 0 Å². The zero-order valence-corrected chi connectivity index (χ0v) is 17.9. The zero-order valence-electron chi connectivity index (χ0n) is 16.3. The van der Waals surface area contributed by atoms with Gasteiger partial charge in [-0.05, 0) is 64.0 Å². The highest BCUT2D eigenvalue weighted by Crippen LogP contribution is 2.22. The number of carbonyl (C=O) groups is 1. The lowest BCUT2D eigenvalue weighted by atomic mass is 10.1. The van der Waals surface area contributed by atoms with E-state index in [1.54, 1.807) is 31.9 Å². The van der Waals surface area contributed by atoms with E-state index in [0.717, 1.165) is 27.0 Å². The molecular weight excluding hydrogens is 444 g/mol. The SMILES string of the molecule is COc1ccc(/C=C/C(=O)c2ccc(-n3ccnc3)cc2)cc1Cn1cc(Br)cn1. The number of allylic oxidation sites excluding steroid dienone is 1. The summed E-state index contributed by atoms with van der Waals surface area (Å²) in [6.07, 6.45) is 12.3. The number of aromatic nitrogens is 4. The molecule has 0 unspecified atom stereocenters. The molecule has 2 aromatic heterocycles. The molecular formula is C23H19BrN4O2. The summed E-state index contributed by atoms with van der Waals surface area (Å²) < 4.78 is 10.1. The molecule has 6 nitrogen and oxygen atoms in total. The highest BCUT2D eigenvalue weighted by molar-refractivity contribution is 9.10. The number of halogens is 1. The molecule has 4 aromatic rings. The largest absolute Gasteiger partial charge is 0.496 e. The van der Waals surface area contributed by atoms with Gasteiger partial charge in [-0.1, -0.05) is 12.1 Å². The molecule has 30 heavy (non-hydrogen) atoms. The maximum absolute atomic E-state index is 12.6. The van der Waals surface area contributed by atoms with E-state index in [4.69, 9.17) is 4.74 Å². The summed E-state index contributed by atoms with van der Waals surface area (Å²) in [6, 6.07) is 13.3. The predicted molar refractivity (Wildman–Crippen MR) is 119 cm³/mol. The van der Waals surface area contributed by atoms with E-state index >= 15 is 0 Å².